The van der Waals surface area contributed by atoms with E-state index in [-0.39, 0.29) is 5.92 Å². The Morgan fingerprint density at radius 2 is 1.67 bits per heavy atom. The Hall–Kier alpha value is -1.49. The van der Waals surface area contributed by atoms with Crippen LogP contribution in [0.25, 0.3) is 0 Å². The molecule has 3 aliphatic rings. The predicted octanol–water partition coefficient (Wildman–Crippen LogP) is 4.22. The van der Waals surface area contributed by atoms with Crippen molar-refractivity contribution in [2.24, 2.45) is 17.8 Å². The number of nitrogens with zero attached hydrogens (tertiary/aromatic N) is 2. The smallest absolute Gasteiger partial charge is 0.225 e. The highest BCUT2D eigenvalue weighted by molar-refractivity contribution is 5.79. The Morgan fingerprint density at radius 1 is 0.963 bits per heavy atom. The molecule has 0 aromatic heterocycles. The summed E-state index contributed by atoms with van der Waals surface area (Å²) in [5.41, 5.74) is 0.447. The number of carbonyl (C=O) groups excluding carboxylic acids is 1. The minimum atomic E-state index is -0.764. The molecule has 0 N–H and O–H groups in total. The van der Waals surface area contributed by atoms with Gasteiger partial charge in [0.1, 0.15) is 0 Å². The Labute approximate surface area is 160 Å². The zero-order chi connectivity index (χ0) is 18.8. The number of hydrogen-bond acceptors (Lipinski definition) is 2. The van der Waals surface area contributed by atoms with Gasteiger partial charge in [-0.25, -0.2) is 8.78 Å². The van der Waals surface area contributed by atoms with Crippen LogP contribution in [0.5, 0.6) is 0 Å². The van der Waals surface area contributed by atoms with E-state index < -0.39 is 11.6 Å². The number of hydrogen-bond donors (Lipinski definition) is 0. The molecule has 3 fully saturated rings. The summed E-state index contributed by atoms with van der Waals surface area (Å²) in [6.45, 7) is 4.18. The van der Waals surface area contributed by atoms with E-state index in [1.807, 2.05) is 0 Å². The maximum Gasteiger partial charge on any atom is 0.225 e. The molecule has 1 saturated carbocycles. The molecule has 2 heterocycles. The normalized spacial score (nSPS) is 25.4. The van der Waals surface area contributed by atoms with E-state index in [0.717, 1.165) is 58.3 Å². The lowest BCUT2D eigenvalue weighted by Crippen LogP contribution is -2.38. The van der Waals surface area contributed by atoms with E-state index in [9.17, 15) is 13.6 Å². The molecule has 0 radical (unpaired) electrons. The first-order valence-corrected chi connectivity index (χ1v) is 10.6. The Bertz CT molecular complexity index is 666. The van der Waals surface area contributed by atoms with Crippen LogP contribution in [0.1, 0.15) is 50.5 Å². The van der Waals surface area contributed by atoms with Gasteiger partial charge in [0.25, 0.3) is 0 Å². The molecule has 2 saturated heterocycles. The molecule has 5 heteroatoms. The molecule has 1 unspecified atom stereocenters. The summed E-state index contributed by atoms with van der Waals surface area (Å²) in [6.07, 6.45) is 7.88. The van der Waals surface area contributed by atoms with Crippen LogP contribution < -0.4 is 0 Å². The van der Waals surface area contributed by atoms with E-state index >= 15 is 0 Å². The molecule has 1 atom stereocenters. The summed E-state index contributed by atoms with van der Waals surface area (Å²) < 4.78 is 27.3. The van der Waals surface area contributed by atoms with Gasteiger partial charge in [0, 0.05) is 31.1 Å². The number of halogens is 2. The second-order valence-electron chi connectivity index (χ2n) is 8.64. The zero-order valence-corrected chi connectivity index (χ0v) is 16.0. The average molecular weight is 376 g/mol. The largest absolute Gasteiger partial charge is 0.342 e. The lowest BCUT2D eigenvalue weighted by molar-refractivity contribution is -0.134. The number of benzene rings is 1. The van der Waals surface area contributed by atoms with Crippen LogP contribution in [0.4, 0.5) is 8.78 Å². The summed E-state index contributed by atoms with van der Waals surface area (Å²) in [5.74, 6) is 0.473. The molecule has 1 aliphatic carbocycles. The van der Waals surface area contributed by atoms with Crippen LogP contribution in [-0.2, 0) is 11.3 Å². The number of carbonyl (C=O) groups is 1. The van der Waals surface area contributed by atoms with Crippen molar-refractivity contribution in [2.45, 2.75) is 51.5 Å². The van der Waals surface area contributed by atoms with E-state index in [1.54, 1.807) is 12.1 Å². The Kier molecular flexibility index (Phi) is 5.76. The van der Waals surface area contributed by atoms with Crippen molar-refractivity contribution in [3.8, 4) is 0 Å². The van der Waals surface area contributed by atoms with Gasteiger partial charge in [-0.1, -0.05) is 25.0 Å². The second-order valence-corrected chi connectivity index (χ2v) is 8.64. The van der Waals surface area contributed by atoms with Crippen LogP contribution in [0, 0.1) is 29.4 Å². The number of amides is 1. The van der Waals surface area contributed by atoms with Crippen molar-refractivity contribution < 1.29 is 13.6 Å². The van der Waals surface area contributed by atoms with Gasteiger partial charge in [0.2, 0.25) is 5.91 Å². The third-order valence-electron chi connectivity index (χ3n) is 6.97. The van der Waals surface area contributed by atoms with Crippen LogP contribution in [0.2, 0.25) is 0 Å². The molecule has 4 rings (SSSR count). The number of likely N-dealkylation sites (tertiary alicyclic amines) is 2. The third kappa shape index (κ3) is 4.18. The molecule has 27 heavy (non-hydrogen) atoms. The minimum Gasteiger partial charge on any atom is -0.342 e. The van der Waals surface area contributed by atoms with Crippen LogP contribution in [-0.4, -0.2) is 41.9 Å². The maximum atomic E-state index is 13.9. The van der Waals surface area contributed by atoms with Crippen molar-refractivity contribution in [1.82, 2.24) is 9.80 Å². The first-order chi connectivity index (χ1) is 13.1. The molecular formula is C22H30F2N2O. The van der Waals surface area contributed by atoms with E-state index in [4.69, 9.17) is 0 Å². The number of piperidine rings is 1. The summed E-state index contributed by atoms with van der Waals surface area (Å²) >= 11 is 0. The first-order valence-electron chi connectivity index (χ1n) is 10.6. The quantitative estimate of drug-likeness (QED) is 0.786. The summed E-state index contributed by atoms with van der Waals surface area (Å²) in [6, 6.07) is 4.42. The molecule has 0 bridgehead atoms. The second kappa shape index (κ2) is 8.26. The molecule has 1 amide bonds. The summed E-state index contributed by atoms with van der Waals surface area (Å²) in [5, 5.41) is 0. The van der Waals surface area contributed by atoms with Gasteiger partial charge in [0.15, 0.2) is 11.6 Å². The molecule has 1 aromatic rings. The zero-order valence-electron chi connectivity index (χ0n) is 16.0. The van der Waals surface area contributed by atoms with Gasteiger partial charge in [-0.3, -0.25) is 9.69 Å². The van der Waals surface area contributed by atoms with Crippen molar-refractivity contribution >= 4 is 5.91 Å². The monoisotopic (exact) mass is 376 g/mol. The van der Waals surface area contributed by atoms with Crippen molar-refractivity contribution in [3.05, 3.63) is 35.4 Å². The lowest BCUT2D eigenvalue weighted by atomic mass is 9.83. The fraction of sp³-hybridized carbons (Fsp3) is 0.682. The standard InChI is InChI=1S/C22H30F2N2O/c23-20-7-3-6-19(21(20)24)14-25-11-8-16(9-12-25)18-10-13-26(15-18)22(27)17-4-1-2-5-17/h3,6-7,16-18H,1-2,4-5,8-15H2. The SMILES string of the molecule is O=C(C1CCCC1)N1CCC(C2CCN(Cc3cccc(F)c3F)CC2)C1. The van der Waals surface area contributed by atoms with Gasteiger partial charge < -0.3 is 4.90 Å². The van der Waals surface area contributed by atoms with Gasteiger partial charge in [0.05, 0.1) is 0 Å². The van der Waals surface area contributed by atoms with E-state index in [0.29, 0.717) is 29.9 Å². The van der Waals surface area contributed by atoms with Gasteiger partial charge in [-0.15, -0.1) is 0 Å². The van der Waals surface area contributed by atoms with Crippen LogP contribution in [0.15, 0.2) is 18.2 Å². The molecule has 0 spiro atoms. The van der Waals surface area contributed by atoms with Gasteiger partial charge in [-0.05, 0) is 63.1 Å². The molecule has 148 valence electrons. The maximum absolute atomic E-state index is 13.9. The average Bonchev–Trinajstić information content (AvgIpc) is 3.38. The van der Waals surface area contributed by atoms with Crippen LogP contribution >= 0.6 is 0 Å². The molecule has 3 nitrogen and oxygen atoms in total. The summed E-state index contributed by atoms with van der Waals surface area (Å²) in [4.78, 5) is 17.0. The Morgan fingerprint density at radius 3 is 2.41 bits per heavy atom. The fourth-order valence-electron chi connectivity index (χ4n) is 5.30. The van der Waals surface area contributed by atoms with Gasteiger partial charge >= 0.3 is 0 Å². The topological polar surface area (TPSA) is 23.6 Å². The molecule has 2 aliphatic heterocycles. The van der Waals surface area contributed by atoms with E-state index in [2.05, 4.69) is 9.80 Å². The van der Waals surface area contributed by atoms with E-state index in [1.165, 1.54) is 18.9 Å². The highest BCUT2D eigenvalue weighted by Crippen LogP contribution is 2.34. The third-order valence-corrected chi connectivity index (χ3v) is 6.97. The first kappa shape index (κ1) is 18.9. The van der Waals surface area contributed by atoms with Crippen LogP contribution in [0.3, 0.4) is 0 Å². The fourth-order valence-corrected chi connectivity index (χ4v) is 5.30. The summed E-state index contributed by atoms with van der Waals surface area (Å²) in [7, 11) is 0. The Balaban J connectivity index is 1.26. The van der Waals surface area contributed by atoms with Crippen molar-refractivity contribution in [1.29, 1.82) is 0 Å². The number of rotatable bonds is 4. The highest BCUT2D eigenvalue weighted by atomic mass is 19.2. The van der Waals surface area contributed by atoms with Crippen molar-refractivity contribution in [2.75, 3.05) is 26.2 Å². The van der Waals surface area contributed by atoms with Gasteiger partial charge in [-0.2, -0.15) is 0 Å². The molecule has 1 aromatic carbocycles. The molecular weight excluding hydrogens is 346 g/mol. The predicted molar refractivity (Wildman–Crippen MR) is 101 cm³/mol. The highest BCUT2D eigenvalue weighted by Gasteiger charge is 2.36. The lowest BCUT2D eigenvalue weighted by Gasteiger charge is -2.35. The van der Waals surface area contributed by atoms with Crippen molar-refractivity contribution in [3.63, 3.8) is 0 Å². The minimum absolute atomic E-state index is 0.284.